The van der Waals surface area contributed by atoms with Crippen molar-refractivity contribution in [2.45, 2.75) is 25.8 Å². The first-order valence-electron chi connectivity index (χ1n) is 7.57. The number of nitrogens with zero attached hydrogens (tertiary/aromatic N) is 1. The van der Waals surface area contributed by atoms with Crippen LogP contribution in [0.2, 0.25) is 0 Å². The number of hydrogen-bond donors (Lipinski definition) is 1. The number of piperidine rings is 1. The smallest absolute Gasteiger partial charge is 0.190 e. The van der Waals surface area contributed by atoms with Crippen molar-refractivity contribution in [1.29, 1.82) is 0 Å². The van der Waals surface area contributed by atoms with Gasteiger partial charge in [-0.3, -0.25) is 4.90 Å². The second-order valence-corrected chi connectivity index (χ2v) is 6.33. The maximum Gasteiger partial charge on any atom is 0.190 e. The fourth-order valence-corrected chi connectivity index (χ4v) is 3.75. The first kappa shape index (κ1) is 14.7. The minimum Gasteiger partial charge on any atom is -0.491 e. The Kier molecular flexibility index (Phi) is 4.13. The Balaban J connectivity index is 1.71. The summed E-state index contributed by atoms with van der Waals surface area (Å²) in [6.07, 6.45) is 3.61. The molecule has 3 rings (SSSR count). The van der Waals surface area contributed by atoms with Gasteiger partial charge in [0.1, 0.15) is 0 Å². The molecular weight excluding hydrogens is 274 g/mol. The Bertz CT molecular complexity index is 492. The summed E-state index contributed by atoms with van der Waals surface area (Å²) in [7, 11) is 1.28. The minimum atomic E-state index is -0.623. The first-order chi connectivity index (χ1) is 10.1. The van der Waals surface area contributed by atoms with Gasteiger partial charge in [-0.25, -0.2) is 8.78 Å². The van der Waals surface area contributed by atoms with E-state index in [0.717, 1.165) is 32.6 Å². The second-order valence-electron chi connectivity index (χ2n) is 6.33. The lowest BCUT2D eigenvalue weighted by Gasteiger charge is -2.40. The van der Waals surface area contributed by atoms with Gasteiger partial charge in [0, 0.05) is 19.6 Å². The molecule has 2 heterocycles. The molecule has 2 fully saturated rings. The average Bonchev–Trinajstić information content (AvgIpc) is 2.86. The molecule has 2 saturated heterocycles. The maximum absolute atomic E-state index is 13.8. The summed E-state index contributed by atoms with van der Waals surface area (Å²) in [6.45, 7) is 4.75. The van der Waals surface area contributed by atoms with E-state index < -0.39 is 11.6 Å². The van der Waals surface area contributed by atoms with Crippen LogP contribution in [-0.4, -0.2) is 38.2 Å². The van der Waals surface area contributed by atoms with Gasteiger partial charge in [0.05, 0.1) is 7.11 Å². The van der Waals surface area contributed by atoms with Gasteiger partial charge >= 0.3 is 0 Å². The van der Waals surface area contributed by atoms with E-state index in [4.69, 9.17) is 4.74 Å². The lowest BCUT2D eigenvalue weighted by molar-refractivity contribution is 0.0976. The number of rotatable bonds is 3. The standard InChI is InChI=1S/C16H22F2N2O/c1-21-15-13(17)7-12(8-14(15)18)9-20-6-2-3-16(11-20)4-5-19-10-16/h7-8,19H,2-6,9-11H2,1H3. The zero-order valence-electron chi connectivity index (χ0n) is 12.4. The van der Waals surface area contributed by atoms with Crippen molar-refractivity contribution >= 4 is 0 Å². The molecule has 5 heteroatoms. The van der Waals surface area contributed by atoms with Gasteiger partial charge in [-0.2, -0.15) is 0 Å². The average molecular weight is 296 g/mol. The molecule has 2 aliphatic rings. The van der Waals surface area contributed by atoms with Crippen molar-refractivity contribution in [2.24, 2.45) is 5.41 Å². The van der Waals surface area contributed by atoms with Crippen LogP contribution >= 0.6 is 0 Å². The van der Waals surface area contributed by atoms with Gasteiger partial charge in [0.25, 0.3) is 0 Å². The predicted molar refractivity (Wildman–Crippen MR) is 77.3 cm³/mol. The molecule has 0 bridgehead atoms. The van der Waals surface area contributed by atoms with Crippen LogP contribution < -0.4 is 10.1 Å². The van der Waals surface area contributed by atoms with Crippen LogP contribution in [0.3, 0.4) is 0 Å². The zero-order chi connectivity index (χ0) is 14.9. The van der Waals surface area contributed by atoms with Gasteiger partial charge in [0.2, 0.25) is 0 Å². The quantitative estimate of drug-likeness (QED) is 0.928. The molecule has 116 valence electrons. The van der Waals surface area contributed by atoms with Gasteiger partial charge in [-0.1, -0.05) is 0 Å². The third-order valence-corrected chi connectivity index (χ3v) is 4.74. The molecule has 1 atom stereocenters. The summed E-state index contributed by atoms with van der Waals surface area (Å²) in [5.74, 6) is -1.54. The molecule has 1 N–H and O–H groups in total. The summed E-state index contributed by atoms with van der Waals surface area (Å²) in [5, 5.41) is 3.44. The lowest BCUT2D eigenvalue weighted by Crippen LogP contribution is -2.44. The molecule has 1 unspecified atom stereocenters. The van der Waals surface area contributed by atoms with E-state index in [0.29, 0.717) is 17.5 Å². The van der Waals surface area contributed by atoms with Gasteiger partial charge in [0.15, 0.2) is 17.4 Å². The third kappa shape index (κ3) is 3.04. The number of nitrogens with one attached hydrogen (secondary N) is 1. The van der Waals surface area contributed by atoms with E-state index in [1.54, 1.807) is 0 Å². The lowest BCUT2D eigenvalue weighted by atomic mass is 9.79. The summed E-state index contributed by atoms with van der Waals surface area (Å²) < 4.78 is 32.3. The van der Waals surface area contributed by atoms with E-state index in [9.17, 15) is 8.78 Å². The fourth-order valence-electron chi connectivity index (χ4n) is 3.75. The Morgan fingerprint density at radius 3 is 2.67 bits per heavy atom. The highest BCUT2D eigenvalue weighted by atomic mass is 19.1. The first-order valence-corrected chi connectivity index (χ1v) is 7.57. The van der Waals surface area contributed by atoms with Gasteiger partial charge < -0.3 is 10.1 Å². The van der Waals surface area contributed by atoms with E-state index in [1.807, 2.05) is 0 Å². The Hall–Kier alpha value is -1.20. The molecule has 3 nitrogen and oxygen atoms in total. The minimum absolute atomic E-state index is 0.297. The van der Waals surface area contributed by atoms with Crippen molar-refractivity contribution in [3.8, 4) is 5.75 Å². The van der Waals surface area contributed by atoms with Crippen molar-refractivity contribution < 1.29 is 13.5 Å². The van der Waals surface area contributed by atoms with Gasteiger partial charge in [-0.15, -0.1) is 0 Å². The number of halogens is 2. The third-order valence-electron chi connectivity index (χ3n) is 4.74. The zero-order valence-corrected chi connectivity index (χ0v) is 12.4. The van der Waals surface area contributed by atoms with E-state index in [1.165, 1.54) is 32.1 Å². The van der Waals surface area contributed by atoms with E-state index in [-0.39, 0.29) is 5.75 Å². The molecule has 1 aromatic carbocycles. The Morgan fingerprint density at radius 2 is 2.05 bits per heavy atom. The topological polar surface area (TPSA) is 24.5 Å². The molecule has 21 heavy (non-hydrogen) atoms. The summed E-state index contributed by atoms with van der Waals surface area (Å²) in [6, 6.07) is 2.77. The van der Waals surface area contributed by atoms with E-state index in [2.05, 4.69) is 10.2 Å². The largest absolute Gasteiger partial charge is 0.491 e. The highest BCUT2D eigenvalue weighted by Gasteiger charge is 2.37. The van der Waals surface area contributed by atoms with Crippen LogP contribution in [0.15, 0.2) is 12.1 Å². The van der Waals surface area contributed by atoms with Crippen molar-refractivity contribution in [2.75, 3.05) is 33.3 Å². The number of benzene rings is 1. The SMILES string of the molecule is COc1c(F)cc(CN2CCCC3(CCNC3)C2)cc1F. The number of ether oxygens (including phenoxy) is 1. The molecule has 0 saturated carbocycles. The molecule has 0 radical (unpaired) electrons. The Morgan fingerprint density at radius 1 is 1.29 bits per heavy atom. The molecule has 1 aromatic rings. The molecule has 2 aliphatic heterocycles. The number of likely N-dealkylation sites (tertiary alicyclic amines) is 1. The summed E-state index contributed by atoms with van der Waals surface area (Å²) >= 11 is 0. The van der Waals surface area contributed by atoms with Crippen LogP contribution in [0.5, 0.6) is 5.75 Å². The maximum atomic E-state index is 13.8. The molecule has 0 amide bonds. The summed E-state index contributed by atoms with van der Waals surface area (Å²) in [4.78, 5) is 2.32. The van der Waals surface area contributed by atoms with Gasteiger partial charge in [-0.05, 0) is 55.5 Å². The Labute approximate surface area is 124 Å². The predicted octanol–water partition coefficient (Wildman–Crippen LogP) is 2.55. The molecule has 0 aromatic heterocycles. The highest BCUT2D eigenvalue weighted by molar-refractivity contribution is 5.31. The normalized spacial score (nSPS) is 26.4. The van der Waals surface area contributed by atoms with E-state index >= 15 is 0 Å². The monoisotopic (exact) mass is 296 g/mol. The van der Waals surface area contributed by atoms with Crippen LogP contribution in [0.1, 0.15) is 24.8 Å². The van der Waals surface area contributed by atoms with Crippen molar-refractivity contribution in [3.63, 3.8) is 0 Å². The van der Waals surface area contributed by atoms with Crippen LogP contribution in [0.4, 0.5) is 8.78 Å². The molecular formula is C16H22F2N2O. The molecule has 1 spiro atoms. The van der Waals surface area contributed by atoms with Crippen LogP contribution in [0, 0.1) is 17.0 Å². The number of methoxy groups -OCH3 is 1. The molecule has 0 aliphatic carbocycles. The van der Waals surface area contributed by atoms with Crippen LogP contribution in [0.25, 0.3) is 0 Å². The fraction of sp³-hybridized carbons (Fsp3) is 0.625. The second kappa shape index (κ2) is 5.89. The van der Waals surface area contributed by atoms with Crippen LogP contribution in [-0.2, 0) is 6.54 Å². The van der Waals surface area contributed by atoms with Crippen molar-refractivity contribution in [1.82, 2.24) is 10.2 Å². The van der Waals surface area contributed by atoms with Crippen molar-refractivity contribution in [3.05, 3.63) is 29.3 Å². The number of hydrogen-bond acceptors (Lipinski definition) is 3. The summed E-state index contributed by atoms with van der Waals surface area (Å²) in [5.41, 5.74) is 1.04. The highest BCUT2D eigenvalue weighted by Crippen LogP contribution is 2.36.